The SMILES string of the molecule is CCCCCC(NC)c1ccncc1C. The van der Waals surface area contributed by atoms with E-state index >= 15 is 0 Å². The third-order valence-electron chi connectivity index (χ3n) is 2.88. The van der Waals surface area contributed by atoms with E-state index in [9.17, 15) is 0 Å². The highest BCUT2D eigenvalue weighted by Crippen LogP contribution is 2.21. The van der Waals surface area contributed by atoms with Gasteiger partial charge < -0.3 is 5.32 Å². The number of hydrogen-bond acceptors (Lipinski definition) is 2. The lowest BCUT2D eigenvalue weighted by molar-refractivity contribution is 0.509. The number of unbranched alkanes of at least 4 members (excludes halogenated alkanes) is 2. The minimum atomic E-state index is 0.486. The van der Waals surface area contributed by atoms with E-state index in [2.05, 4.69) is 30.2 Å². The molecule has 0 bridgehead atoms. The highest BCUT2D eigenvalue weighted by Gasteiger charge is 2.10. The number of aromatic nitrogens is 1. The predicted molar refractivity (Wildman–Crippen MR) is 64.9 cm³/mol. The van der Waals surface area contributed by atoms with E-state index in [1.54, 1.807) is 0 Å². The molecule has 0 aliphatic heterocycles. The van der Waals surface area contributed by atoms with Gasteiger partial charge in [0.2, 0.25) is 0 Å². The number of rotatable bonds is 6. The molecule has 0 aromatic carbocycles. The first-order valence-electron chi connectivity index (χ1n) is 5.87. The maximum Gasteiger partial charge on any atom is 0.0321 e. The Hall–Kier alpha value is -0.890. The molecule has 0 radical (unpaired) electrons. The van der Waals surface area contributed by atoms with E-state index in [-0.39, 0.29) is 0 Å². The van der Waals surface area contributed by atoms with Crippen molar-refractivity contribution in [1.29, 1.82) is 0 Å². The van der Waals surface area contributed by atoms with Crippen LogP contribution >= 0.6 is 0 Å². The van der Waals surface area contributed by atoms with Gasteiger partial charge in [-0.05, 0) is 37.6 Å². The van der Waals surface area contributed by atoms with Gasteiger partial charge in [0, 0.05) is 18.4 Å². The number of pyridine rings is 1. The van der Waals surface area contributed by atoms with Crippen LogP contribution in [0.1, 0.15) is 49.8 Å². The van der Waals surface area contributed by atoms with Crippen LogP contribution in [0.4, 0.5) is 0 Å². The second-order valence-electron chi connectivity index (χ2n) is 4.07. The van der Waals surface area contributed by atoms with Gasteiger partial charge in [-0.15, -0.1) is 0 Å². The molecule has 0 aliphatic rings. The molecule has 1 atom stereocenters. The Bertz CT molecular complexity index is 284. The molecule has 1 heterocycles. The second kappa shape index (κ2) is 6.57. The summed E-state index contributed by atoms with van der Waals surface area (Å²) in [5.74, 6) is 0. The van der Waals surface area contributed by atoms with Gasteiger partial charge in [0.15, 0.2) is 0 Å². The number of nitrogens with one attached hydrogen (secondary N) is 1. The van der Waals surface area contributed by atoms with Crippen LogP contribution in [-0.2, 0) is 0 Å². The van der Waals surface area contributed by atoms with Crippen LogP contribution in [0.2, 0.25) is 0 Å². The minimum absolute atomic E-state index is 0.486. The molecule has 1 N–H and O–H groups in total. The Kier molecular flexibility index (Phi) is 5.33. The van der Waals surface area contributed by atoms with E-state index in [0.717, 1.165) is 0 Å². The molecule has 1 unspecified atom stereocenters. The normalized spacial score (nSPS) is 12.7. The lowest BCUT2D eigenvalue weighted by Gasteiger charge is -2.18. The van der Waals surface area contributed by atoms with Crippen molar-refractivity contribution in [2.75, 3.05) is 7.05 Å². The summed E-state index contributed by atoms with van der Waals surface area (Å²) in [6.07, 6.45) is 8.94. The van der Waals surface area contributed by atoms with Crippen molar-refractivity contribution in [2.45, 2.75) is 45.6 Å². The highest BCUT2D eigenvalue weighted by molar-refractivity contribution is 5.25. The summed E-state index contributed by atoms with van der Waals surface area (Å²) in [6.45, 7) is 4.37. The van der Waals surface area contributed by atoms with Crippen LogP contribution in [0.5, 0.6) is 0 Å². The van der Waals surface area contributed by atoms with Crippen molar-refractivity contribution in [3.63, 3.8) is 0 Å². The van der Waals surface area contributed by atoms with Gasteiger partial charge in [0.05, 0.1) is 0 Å². The summed E-state index contributed by atoms with van der Waals surface area (Å²) in [6, 6.07) is 2.61. The van der Waals surface area contributed by atoms with Gasteiger partial charge in [-0.1, -0.05) is 26.2 Å². The summed E-state index contributed by atoms with van der Waals surface area (Å²) < 4.78 is 0. The van der Waals surface area contributed by atoms with Crippen LogP contribution < -0.4 is 5.32 Å². The van der Waals surface area contributed by atoms with Crippen molar-refractivity contribution in [1.82, 2.24) is 10.3 Å². The molecule has 15 heavy (non-hydrogen) atoms. The second-order valence-corrected chi connectivity index (χ2v) is 4.07. The standard InChI is InChI=1S/C13H22N2/c1-4-5-6-7-13(14-3)12-8-9-15-10-11(12)2/h8-10,13-14H,4-7H2,1-3H3. The molecule has 0 amide bonds. The van der Waals surface area contributed by atoms with Crippen molar-refractivity contribution >= 4 is 0 Å². The molecule has 84 valence electrons. The summed E-state index contributed by atoms with van der Waals surface area (Å²) >= 11 is 0. The van der Waals surface area contributed by atoms with Gasteiger partial charge in [-0.2, -0.15) is 0 Å². The monoisotopic (exact) mass is 206 g/mol. The molecule has 1 aromatic heterocycles. The maximum absolute atomic E-state index is 4.13. The zero-order chi connectivity index (χ0) is 11.1. The zero-order valence-corrected chi connectivity index (χ0v) is 10.1. The lowest BCUT2D eigenvalue weighted by atomic mass is 9.98. The molecular weight excluding hydrogens is 184 g/mol. The smallest absolute Gasteiger partial charge is 0.0321 e. The summed E-state index contributed by atoms with van der Waals surface area (Å²) in [7, 11) is 2.04. The van der Waals surface area contributed by atoms with Crippen LogP contribution in [0, 0.1) is 6.92 Å². The number of hydrogen-bond donors (Lipinski definition) is 1. The fourth-order valence-corrected chi connectivity index (χ4v) is 1.93. The predicted octanol–water partition coefficient (Wildman–Crippen LogP) is 3.23. The third-order valence-corrected chi connectivity index (χ3v) is 2.88. The van der Waals surface area contributed by atoms with Gasteiger partial charge in [-0.3, -0.25) is 4.98 Å². The Morgan fingerprint density at radius 2 is 2.20 bits per heavy atom. The minimum Gasteiger partial charge on any atom is -0.313 e. The van der Waals surface area contributed by atoms with Crippen LogP contribution in [0.15, 0.2) is 18.5 Å². The molecule has 2 nitrogen and oxygen atoms in total. The molecular formula is C13H22N2. The summed E-state index contributed by atoms with van der Waals surface area (Å²) in [4.78, 5) is 4.13. The summed E-state index contributed by atoms with van der Waals surface area (Å²) in [5.41, 5.74) is 2.68. The Morgan fingerprint density at radius 3 is 2.80 bits per heavy atom. The van der Waals surface area contributed by atoms with E-state index in [1.807, 2.05) is 19.4 Å². The van der Waals surface area contributed by atoms with Crippen molar-refractivity contribution in [2.24, 2.45) is 0 Å². The van der Waals surface area contributed by atoms with Gasteiger partial charge in [0.25, 0.3) is 0 Å². The van der Waals surface area contributed by atoms with E-state index in [1.165, 1.54) is 36.8 Å². The summed E-state index contributed by atoms with van der Waals surface area (Å²) in [5, 5.41) is 3.39. The molecule has 2 heteroatoms. The first-order valence-corrected chi connectivity index (χ1v) is 5.87. The van der Waals surface area contributed by atoms with Crippen molar-refractivity contribution in [3.05, 3.63) is 29.6 Å². The zero-order valence-electron chi connectivity index (χ0n) is 10.1. The topological polar surface area (TPSA) is 24.9 Å². The van der Waals surface area contributed by atoms with Crippen LogP contribution in [0.25, 0.3) is 0 Å². The number of nitrogens with zero attached hydrogens (tertiary/aromatic N) is 1. The van der Waals surface area contributed by atoms with E-state index in [0.29, 0.717) is 6.04 Å². The fraction of sp³-hybridized carbons (Fsp3) is 0.615. The van der Waals surface area contributed by atoms with Crippen LogP contribution in [-0.4, -0.2) is 12.0 Å². The van der Waals surface area contributed by atoms with E-state index in [4.69, 9.17) is 0 Å². The molecule has 1 aromatic rings. The number of aryl methyl sites for hydroxylation is 1. The van der Waals surface area contributed by atoms with E-state index < -0.39 is 0 Å². The third kappa shape index (κ3) is 3.63. The van der Waals surface area contributed by atoms with Gasteiger partial charge in [-0.25, -0.2) is 0 Å². The average molecular weight is 206 g/mol. The van der Waals surface area contributed by atoms with Gasteiger partial charge >= 0.3 is 0 Å². The Morgan fingerprint density at radius 1 is 1.40 bits per heavy atom. The average Bonchev–Trinajstić information content (AvgIpc) is 2.26. The highest BCUT2D eigenvalue weighted by atomic mass is 14.9. The molecule has 0 fully saturated rings. The van der Waals surface area contributed by atoms with Crippen LogP contribution in [0.3, 0.4) is 0 Å². The molecule has 0 spiro atoms. The maximum atomic E-state index is 4.13. The quantitative estimate of drug-likeness (QED) is 0.723. The molecule has 1 rings (SSSR count). The molecule has 0 saturated carbocycles. The van der Waals surface area contributed by atoms with Crippen molar-refractivity contribution in [3.8, 4) is 0 Å². The lowest BCUT2D eigenvalue weighted by Crippen LogP contribution is -2.17. The van der Waals surface area contributed by atoms with Crippen molar-refractivity contribution < 1.29 is 0 Å². The van der Waals surface area contributed by atoms with Gasteiger partial charge in [0.1, 0.15) is 0 Å². The first-order chi connectivity index (χ1) is 7.29. The first kappa shape index (κ1) is 12.2. The largest absolute Gasteiger partial charge is 0.313 e. The molecule has 0 saturated heterocycles. The Labute approximate surface area is 93.1 Å². The fourth-order valence-electron chi connectivity index (χ4n) is 1.93. The Balaban J connectivity index is 2.61. The molecule has 0 aliphatic carbocycles.